The lowest BCUT2D eigenvalue weighted by Crippen LogP contribution is -2.47. The largest absolute Gasteiger partial charge is 0.363 e. The number of hydrogen-bond acceptors (Lipinski definition) is 4. The second-order valence-electron chi connectivity index (χ2n) is 6.84. The maximum Gasteiger partial charge on any atom is 0.287 e. The van der Waals surface area contributed by atoms with Crippen molar-refractivity contribution in [1.29, 1.82) is 0 Å². The first kappa shape index (κ1) is 20.0. The van der Waals surface area contributed by atoms with Crippen LogP contribution in [0.15, 0.2) is 60.8 Å². The van der Waals surface area contributed by atoms with Crippen molar-refractivity contribution in [2.45, 2.75) is 19.4 Å². The molecule has 0 saturated carbocycles. The zero-order valence-corrected chi connectivity index (χ0v) is 16.3. The predicted octanol–water partition coefficient (Wildman–Crippen LogP) is 1.79. The number of carbonyl (C=O) groups excluding carboxylic acids is 3. The average Bonchev–Trinajstić information content (AvgIpc) is 3.10. The zero-order valence-electron chi connectivity index (χ0n) is 16.3. The van der Waals surface area contributed by atoms with Crippen molar-refractivity contribution in [3.05, 3.63) is 77.5 Å². The number of Topliss-reactive ketones (excluding diaryl/α,β-unsaturated/α-hetero) is 1. The molecule has 0 aliphatic heterocycles. The lowest BCUT2D eigenvalue weighted by atomic mass is 10.0. The fourth-order valence-electron chi connectivity index (χ4n) is 3.12. The Hall–Kier alpha value is -3.74. The first-order valence-corrected chi connectivity index (χ1v) is 9.14. The minimum Gasteiger partial charge on any atom is -0.363 e. The Kier molecular flexibility index (Phi) is 5.87. The third-order valence-corrected chi connectivity index (χ3v) is 4.66. The Bertz CT molecular complexity index is 1040. The first-order valence-electron chi connectivity index (χ1n) is 9.14. The van der Waals surface area contributed by atoms with E-state index in [1.165, 1.54) is 6.20 Å². The van der Waals surface area contributed by atoms with Crippen molar-refractivity contribution < 1.29 is 14.4 Å². The topological polar surface area (TPSA) is 107 Å². The molecule has 0 aliphatic carbocycles. The van der Waals surface area contributed by atoms with Gasteiger partial charge in [-0.25, -0.2) is 0 Å². The number of benzene rings is 2. The monoisotopic (exact) mass is 390 g/mol. The summed E-state index contributed by atoms with van der Waals surface area (Å²) in [6.45, 7) is 1.98. The third-order valence-electron chi connectivity index (χ3n) is 4.66. The van der Waals surface area contributed by atoms with Crippen LogP contribution in [0, 0.1) is 6.92 Å². The normalized spacial score (nSPS) is 11.7. The fraction of sp³-hybridized carbons (Fsp3) is 0.182. The van der Waals surface area contributed by atoms with Gasteiger partial charge in [-0.3, -0.25) is 19.1 Å². The Morgan fingerprint density at radius 2 is 1.72 bits per heavy atom. The number of ketones is 1. The van der Waals surface area contributed by atoms with Crippen LogP contribution in [-0.4, -0.2) is 33.4 Å². The molecular weight excluding hydrogens is 368 g/mol. The number of primary amides is 1. The molecule has 1 atom stereocenters. The maximum atomic E-state index is 13.0. The van der Waals surface area contributed by atoms with E-state index in [4.69, 9.17) is 5.73 Å². The molecular formula is C22H22N4O3. The van der Waals surface area contributed by atoms with Crippen LogP contribution in [0.5, 0.6) is 0 Å². The standard InChI is InChI=1S/C22H22N4O3/c1-14-8-10-16(11-9-14)19-17(13-24-26(19)2)22(29)25-18(20(27)21(23)28)12-15-6-4-3-5-7-15/h3-11,13,18H,12H2,1-2H3,(H2,23,28)(H,25,29). The Labute approximate surface area is 168 Å². The summed E-state index contributed by atoms with van der Waals surface area (Å²) in [7, 11) is 1.74. The maximum absolute atomic E-state index is 13.0. The molecule has 0 fully saturated rings. The van der Waals surface area contributed by atoms with E-state index in [1.54, 1.807) is 11.7 Å². The van der Waals surface area contributed by atoms with Crippen LogP contribution in [0.2, 0.25) is 0 Å². The van der Waals surface area contributed by atoms with Crippen molar-refractivity contribution in [3.63, 3.8) is 0 Å². The summed E-state index contributed by atoms with van der Waals surface area (Å²) < 4.78 is 1.60. The van der Waals surface area contributed by atoms with E-state index in [-0.39, 0.29) is 6.42 Å². The smallest absolute Gasteiger partial charge is 0.287 e. The molecule has 7 heteroatoms. The van der Waals surface area contributed by atoms with E-state index in [0.717, 1.165) is 16.7 Å². The molecule has 29 heavy (non-hydrogen) atoms. The van der Waals surface area contributed by atoms with Crippen LogP contribution in [0.3, 0.4) is 0 Å². The average molecular weight is 390 g/mol. The number of rotatable bonds is 7. The number of nitrogens with two attached hydrogens (primary N) is 1. The highest BCUT2D eigenvalue weighted by molar-refractivity contribution is 6.38. The number of nitrogens with one attached hydrogen (secondary N) is 1. The highest BCUT2D eigenvalue weighted by Crippen LogP contribution is 2.23. The molecule has 0 saturated heterocycles. The molecule has 0 spiro atoms. The van der Waals surface area contributed by atoms with Gasteiger partial charge in [0.25, 0.3) is 11.8 Å². The predicted molar refractivity (Wildman–Crippen MR) is 109 cm³/mol. The Morgan fingerprint density at radius 1 is 1.07 bits per heavy atom. The van der Waals surface area contributed by atoms with Gasteiger partial charge in [-0.2, -0.15) is 5.10 Å². The number of aryl methyl sites for hydroxylation is 2. The van der Waals surface area contributed by atoms with Gasteiger partial charge < -0.3 is 11.1 Å². The Balaban J connectivity index is 1.89. The molecule has 1 aromatic heterocycles. The SMILES string of the molecule is Cc1ccc(-c2c(C(=O)NC(Cc3ccccc3)C(=O)C(N)=O)cnn2C)cc1. The molecule has 2 amide bonds. The summed E-state index contributed by atoms with van der Waals surface area (Å²) >= 11 is 0. The van der Waals surface area contributed by atoms with Gasteiger partial charge in [-0.05, 0) is 12.5 Å². The van der Waals surface area contributed by atoms with Crippen molar-refractivity contribution in [2.24, 2.45) is 12.8 Å². The summed E-state index contributed by atoms with van der Waals surface area (Å²) in [6, 6.07) is 15.7. The number of hydrogen-bond donors (Lipinski definition) is 2. The molecule has 3 aromatic rings. The van der Waals surface area contributed by atoms with E-state index in [9.17, 15) is 14.4 Å². The third kappa shape index (κ3) is 4.57. The lowest BCUT2D eigenvalue weighted by Gasteiger charge is -2.17. The molecule has 2 aromatic carbocycles. The summed E-state index contributed by atoms with van der Waals surface area (Å²) in [5, 5.41) is 6.84. The van der Waals surface area contributed by atoms with Crippen molar-refractivity contribution in [3.8, 4) is 11.3 Å². The van der Waals surface area contributed by atoms with Gasteiger partial charge in [-0.15, -0.1) is 0 Å². The molecule has 3 N–H and O–H groups in total. The van der Waals surface area contributed by atoms with E-state index < -0.39 is 23.6 Å². The second kappa shape index (κ2) is 8.52. The zero-order chi connectivity index (χ0) is 21.0. The second-order valence-corrected chi connectivity index (χ2v) is 6.84. The molecule has 0 radical (unpaired) electrons. The van der Waals surface area contributed by atoms with Crippen LogP contribution < -0.4 is 11.1 Å². The van der Waals surface area contributed by atoms with Crippen LogP contribution in [0.4, 0.5) is 0 Å². The van der Waals surface area contributed by atoms with Gasteiger partial charge in [-0.1, -0.05) is 60.2 Å². The van der Waals surface area contributed by atoms with E-state index in [1.807, 2.05) is 61.5 Å². The number of nitrogens with zero attached hydrogens (tertiary/aromatic N) is 2. The van der Waals surface area contributed by atoms with Crippen LogP contribution in [-0.2, 0) is 23.1 Å². The minimum absolute atomic E-state index is 0.161. The summed E-state index contributed by atoms with van der Waals surface area (Å²) in [4.78, 5) is 36.8. The van der Waals surface area contributed by atoms with Crippen molar-refractivity contribution in [2.75, 3.05) is 0 Å². The number of carbonyl (C=O) groups is 3. The first-order chi connectivity index (χ1) is 13.9. The summed E-state index contributed by atoms with van der Waals surface area (Å²) in [6.07, 6.45) is 1.60. The molecule has 0 aliphatic rings. The van der Waals surface area contributed by atoms with Crippen LogP contribution >= 0.6 is 0 Å². The van der Waals surface area contributed by atoms with Gasteiger partial charge in [0, 0.05) is 19.0 Å². The van der Waals surface area contributed by atoms with Gasteiger partial charge in [0.1, 0.15) is 6.04 Å². The van der Waals surface area contributed by atoms with Gasteiger partial charge in [0.2, 0.25) is 5.78 Å². The van der Waals surface area contributed by atoms with Crippen LogP contribution in [0.25, 0.3) is 11.3 Å². The van der Waals surface area contributed by atoms with Crippen LogP contribution in [0.1, 0.15) is 21.5 Å². The van der Waals surface area contributed by atoms with E-state index >= 15 is 0 Å². The molecule has 0 bridgehead atoms. The van der Waals surface area contributed by atoms with Crippen molar-refractivity contribution in [1.82, 2.24) is 15.1 Å². The van der Waals surface area contributed by atoms with Gasteiger partial charge in [0.05, 0.1) is 17.5 Å². The molecule has 1 heterocycles. The minimum atomic E-state index is -1.09. The molecule has 148 valence electrons. The fourth-order valence-corrected chi connectivity index (χ4v) is 3.12. The molecule has 7 nitrogen and oxygen atoms in total. The summed E-state index contributed by atoms with van der Waals surface area (Å²) in [5.74, 6) is -2.43. The molecule has 3 rings (SSSR count). The molecule has 1 unspecified atom stereocenters. The number of aromatic nitrogens is 2. The quantitative estimate of drug-likeness (QED) is 0.600. The number of amides is 2. The van der Waals surface area contributed by atoms with E-state index in [0.29, 0.717) is 11.3 Å². The van der Waals surface area contributed by atoms with E-state index in [2.05, 4.69) is 10.4 Å². The van der Waals surface area contributed by atoms with Crippen molar-refractivity contribution >= 4 is 17.6 Å². The Morgan fingerprint density at radius 3 is 2.34 bits per heavy atom. The van der Waals surface area contributed by atoms with Gasteiger partial charge >= 0.3 is 0 Å². The summed E-state index contributed by atoms with van der Waals surface area (Å²) in [5.41, 5.74) is 8.84. The van der Waals surface area contributed by atoms with Gasteiger partial charge in [0.15, 0.2) is 0 Å². The lowest BCUT2D eigenvalue weighted by molar-refractivity contribution is -0.137. The highest BCUT2D eigenvalue weighted by Gasteiger charge is 2.27. The highest BCUT2D eigenvalue weighted by atomic mass is 16.2.